The number of carbonyl (C=O) groups is 2. The maximum Gasteiger partial charge on any atom is 0.327 e. The predicted octanol–water partition coefficient (Wildman–Crippen LogP) is 1.80. The summed E-state index contributed by atoms with van der Waals surface area (Å²) >= 11 is 0. The second-order valence-electron chi connectivity index (χ2n) is 4.63. The molecule has 1 unspecified atom stereocenters. The van der Waals surface area contributed by atoms with Crippen LogP contribution < -0.4 is 0 Å². The number of esters is 2. The van der Waals surface area contributed by atoms with E-state index in [9.17, 15) is 18.0 Å². The Balaban J connectivity index is 4.69. The van der Waals surface area contributed by atoms with Gasteiger partial charge in [-0.2, -0.15) is 8.42 Å². The van der Waals surface area contributed by atoms with E-state index in [1.54, 1.807) is 6.92 Å². The molecule has 1 atom stereocenters. The molecule has 8 heteroatoms. The van der Waals surface area contributed by atoms with Crippen molar-refractivity contribution in [1.29, 1.82) is 0 Å². The van der Waals surface area contributed by atoms with E-state index < -0.39 is 33.7 Å². The lowest BCUT2D eigenvalue weighted by atomic mass is 10.2. The Morgan fingerprint density at radius 1 is 0.955 bits per heavy atom. The highest BCUT2D eigenvalue weighted by molar-refractivity contribution is 7.88. The first-order chi connectivity index (χ1) is 10.4. The molecule has 0 fully saturated rings. The van der Waals surface area contributed by atoms with Gasteiger partial charge >= 0.3 is 11.9 Å². The van der Waals surface area contributed by atoms with E-state index in [4.69, 9.17) is 4.74 Å². The quantitative estimate of drug-likeness (QED) is 0.304. The lowest BCUT2D eigenvalue weighted by Gasteiger charge is -2.15. The second kappa shape index (κ2) is 11.4. The first-order valence-corrected chi connectivity index (χ1v) is 9.06. The van der Waals surface area contributed by atoms with Crippen molar-refractivity contribution in [1.82, 2.24) is 0 Å². The van der Waals surface area contributed by atoms with Gasteiger partial charge < -0.3 is 9.47 Å². The number of rotatable bonds is 12. The molecule has 0 aromatic heterocycles. The highest BCUT2D eigenvalue weighted by Crippen LogP contribution is 2.13. The summed E-state index contributed by atoms with van der Waals surface area (Å²) in [5.74, 6) is -1.75. The van der Waals surface area contributed by atoms with Crippen LogP contribution in [0.5, 0.6) is 0 Å². The van der Waals surface area contributed by atoms with E-state index in [-0.39, 0.29) is 19.8 Å². The van der Waals surface area contributed by atoms with Crippen LogP contribution in [-0.4, -0.2) is 45.4 Å². The Hall–Kier alpha value is -1.15. The van der Waals surface area contributed by atoms with Crippen LogP contribution in [-0.2, 0) is 33.4 Å². The van der Waals surface area contributed by atoms with E-state index in [0.29, 0.717) is 6.42 Å². The Bertz CT molecular complexity index is 430. The highest BCUT2D eigenvalue weighted by Gasteiger charge is 2.37. The summed E-state index contributed by atoms with van der Waals surface area (Å²) in [6.07, 6.45) is 2.99. The van der Waals surface area contributed by atoms with Crippen molar-refractivity contribution in [3.63, 3.8) is 0 Å². The van der Waals surface area contributed by atoms with Crippen molar-refractivity contribution in [3.05, 3.63) is 0 Å². The lowest BCUT2D eigenvalue weighted by molar-refractivity contribution is -0.149. The SMILES string of the molecule is CCCCCCOC(=O)C(CC(=O)OCC)S(=O)(=O)OCC. The molecule has 0 aromatic rings. The molecule has 130 valence electrons. The summed E-state index contributed by atoms with van der Waals surface area (Å²) in [6.45, 7) is 5.23. The van der Waals surface area contributed by atoms with E-state index >= 15 is 0 Å². The van der Waals surface area contributed by atoms with Crippen molar-refractivity contribution in [2.75, 3.05) is 19.8 Å². The van der Waals surface area contributed by atoms with Crippen LogP contribution in [0, 0.1) is 0 Å². The smallest absolute Gasteiger partial charge is 0.327 e. The molecule has 0 rings (SSSR count). The molecule has 0 radical (unpaired) electrons. The molecular formula is C14H26O7S. The molecule has 0 spiro atoms. The summed E-state index contributed by atoms with van der Waals surface area (Å²) in [5, 5.41) is -1.68. The maximum atomic E-state index is 11.9. The monoisotopic (exact) mass is 338 g/mol. The lowest BCUT2D eigenvalue weighted by Crippen LogP contribution is -2.36. The molecule has 0 aliphatic carbocycles. The fraction of sp³-hybridized carbons (Fsp3) is 0.857. The molecule has 0 saturated carbocycles. The highest BCUT2D eigenvalue weighted by atomic mass is 32.2. The number of unbranched alkanes of at least 4 members (excludes halogenated alkanes) is 3. The summed E-state index contributed by atoms with van der Waals surface area (Å²) in [6, 6.07) is 0. The van der Waals surface area contributed by atoms with Crippen LogP contribution in [0.3, 0.4) is 0 Å². The van der Waals surface area contributed by atoms with Gasteiger partial charge in [0.2, 0.25) is 0 Å². The average molecular weight is 338 g/mol. The average Bonchev–Trinajstić information content (AvgIpc) is 2.44. The van der Waals surface area contributed by atoms with Crippen molar-refractivity contribution in [2.45, 2.75) is 58.1 Å². The first kappa shape index (κ1) is 20.9. The molecular weight excluding hydrogens is 312 g/mol. The van der Waals surface area contributed by atoms with Gasteiger partial charge in [-0.05, 0) is 20.3 Å². The summed E-state index contributed by atoms with van der Waals surface area (Å²) in [7, 11) is -4.21. The fourth-order valence-corrected chi connectivity index (χ4v) is 2.85. The molecule has 0 aliphatic heterocycles. The molecule has 0 heterocycles. The maximum absolute atomic E-state index is 11.9. The third kappa shape index (κ3) is 8.33. The van der Waals surface area contributed by atoms with Gasteiger partial charge in [0.05, 0.1) is 26.2 Å². The first-order valence-electron chi connectivity index (χ1n) is 7.59. The normalized spacial score (nSPS) is 12.7. The van der Waals surface area contributed by atoms with Crippen molar-refractivity contribution >= 4 is 22.1 Å². The van der Waals surface area contributed by atoms with Crippen LogP contribution in [0.1, 0.15) is 52.9 Å². The number of ether oxygens (including phenoxy) is 2. The zero-order valence-electron chi connectivity index (χ0n) is 13.5. The summed E-state index contributed by atoms with van der Waals surface area (Å²) in [5.41, 5.74) is 0. The molecule has 22 heavy (non-hydrogen) atoms. The van der Waals surface area contributed by atoms with E-state index in [1.165, 1.54) is 6.92 Å². The molecule has 0 aromatic carbocycles. The minimum absolute atomic E-state index is 0.103. The molecule has 0 N–H and O–H groups in total. The molecule has 0 aliphatic rings. The zero-order chi connectivity index (χ0) is 17.0. The van der Waals surface area contributed by atoms with Crippen LogP contribution in [0.4, 0.5) is 0 Å². The van der Waals surface area contributed by atoms with Crippen molar-refractivity contribution in [2.24, 2.45) is 0 Å². The van der Waals surface area contributed by atoms with Gasteiger partial charge in [-0.3, -0.25) is 13.8 Å². The van der Waals surface area contributed by atoms with Gasteiger partial charge in [0.1, 0.15) is 0 Å². The van der Waals surface area contributed by atoms with Gasteiger partial charge in [-0.1, -0.05) is 26.2 Å². The number of carbonyl (C=O) groups excluding carboxylic acids is 2. The molecule has 0 saturated heterocycles. The number of hydrogen-bond acceptors (Lipinski definition) is 7. The van der Waals surface area contributed by atoms with E-state index in [1.807, 2.05) is 0 Å². The molecule has 7 nitrogen and oxygen atoms in total. The van der Waals surface area contributed by atoms with Gasteiger partial charge in [0.25, 0.3) is 10.1 Å². The van der Waals surface area contributed by atoms with Gasteiger partial charge in [0, 0.05) is 0 Å². The largest absolute Gasteiger partial charge is 0.466 e. The Labute approximate surface area is 132 Å². The molecule has 0 amide bonds. The Kier molecular flexibility index (Phi) is 10.8. The third-order valence-electron chi connectivity index (χ3n) is 2.79. The minimum Gasteiger partial charge on any atom is -0.466 e. The predicted molar refractivity (Wildman–Crippen MR) is 80.7 cm³/mol. The van der Waals surface area contributed by atoms with Crippen LogP contribution >= 0.6 is 0 Å². The minimum atomic E-state index is -4.21. The van der Waals surface area contributed by atoms with Gasteiger partial charge in [-0.25, -0.2) is 0 Å². The van der Waals surface area contributed by atoms with Crippen LogP contribution in [0.2, 0.25) is 0 Å². The zero-order valence-corrected chi connectivity index (χ0v) is 14.3. The van der Waals surface area contributed by atoms with E-state index in [0.717, 1.165) is 19.3 Å². The standard InChI is InChI=1S/C14H26O7S/c1-4-7-8-9-10-20-14(16)12(11-13(15)19-5-2)22(17,18)21-6-3/h12H,4-11H2,1-3H3. The third-order valence-corrected chi connectivity index (χ3v) is 4.41. The van der Waals surface area contributed by atoms with Crippen molar-refractivity contribution in [3.8, 4) is 0 Å². The van der Waals surface area contributed by atoms with Crippen LogP contribution in [0.15, 0.2) is 0 Å². The molecule has 0 bridgehead atoms. The van der Waals surface area contributed by atoms with Gasteiger partial charge in [0.15, 0.2) is 5.25 Å². The summed E-state index contributed by atoms with van der Waals surface area (Å²) < 4.78 is 38.1. The Morgan fingerprint density at radius 3 is 2.18 bits per heavy atom. The number of hydrogen-bond donors (Lipinski definition) is 0. The Morgan fingerprint density at radius 2 is 1.64 bits per heavy atom. The summed E-state index contributed by atoms with van der Waals surface area (Å²) in [4.78, 5) is 23.4. The van der Waals surface area contributed by atoms with Gasteiger partial charge in [-0.15, -0.1) is 0 Å². The van der Waals surface area contributed by atoms with E-state index in [2.05, 4.69) is 15.8 Å². The van der Waals surface area contributed by atoms with Crippen molar-refractivity contribution < 1.29 is 31.7 Å². The topological polar surface area (TPSA) is 96.0 Å². The second-order valence-corrected chi connectivity index (χ2v) is 6.42. The fourth-order valence-electron chi connectivity index (χ4n) is 1.72. The van der Waals surface area contributed by atoms with Crippen LogP contribution in [0.25, 0.3) is 0 Å².